The SMILES string of the molecule is CC(C)(C)c1nc2cc(F)cc(Br)c2o1. The molecule has 0 N–H and O–H groups in total. The van der Waals surface area contributed by atoms with Crippen LogP contribution in [0, 0.1) is 5.82 Å². The second-order valence-corrected chi connectivity index (χ2v) is 5.36. The van der Waals surface area contributed by atoms with E-state index in [0.717, 1.165) is 0 Å². The van der Waals surface area contributed by atoms with Gasteiger partial charge in [0, 0.05) is 11.5 Å². The summed E-state index contributed by atoms with van der Waals surface area (Å²) in [4.78, 5) is 4.27. The first-order valence-electron chi connectivity index (χ1n) is 4.64. The van der Waals surface area contributed by atoms with Gasteiger partial charge >= 0.3 is 0 Å². The molecule has 0 bridgehead atoms. The normalized spacial score (nSPS) is 12.3. The number of oxazole rings is 1. The minimum Gasteiger partial charge on any atom is -0.439 e. The van der Waals surface area contributed by atoms with Crippen molar-refractivity contribution in [2.24, 2.45) is 0 Å². The van der Waals surface area contributed by atoms with Crippen LogP contribution in [0.5, 0.6) is 0 Å². The average molecular weight is 272 g/mol. The number of benzene rings is 1. The van der Waals surface area contributed by atoms with Gasteiger partial charge in [-0.1, -0.05) is 20.8 Å². The van der Waals surface area contributed by atoms with Gasteiger partial charge in [0.25, 0.3) is 0 Å². The first kappa shape index (κ1) is 10.6. The third kappa shape index (κ3) is 1.91. The lowest BCUT2D eigenvalue weighted by molar-refractivity contribution is 0.410. The van der Waals surface area contributed by atoms with E-state index < -0.39 is 0 Å². The van der Waals surface area contributed by atoms with E-state index in [1.54, 1.807) is 0 Å². The van der Waals surface area contributed by atoms with Crippen LogP contribution in [0.4, 0.5) is 4.39 Å². The highest BCUT2D eigenvalue weighted by molar-refractivity contribution is 9.10. The number of aromatic nitrogens is 1. The lowest BCUT2D eigenvalue weighted by atomic mass is 9.97. The monoisotopic (exact) mass is 271 g/mol. The van der Waals surface area contributed by atoms with Crippen LogP contribution in [0.1, 0.15) is 26.7 Å². The highest BCUT2D eigenvalue weighted by atomic mass is 79.9. The molecule has 0 spiro atoms. The van der Waals surface area contributed by atoms with Crippen LogP contribution < -0.4 is 0 Å². The summed E-state index contributed by atoms with van der Waals surface area (Å²) in [6, 6.07) is 2.75. The molecule has 0 aliphatic heterocycles. The van der Waals surface area contributed by atoms with Crippen molar-refractivity contribution in [2.75, 3.05) is 0 Å². The number of hydrogen-bond donors (Lipinski definition) is 0. The Morgan fingerprint density at radius 1 is 1.33 bits per heavy atom. The Kier molecular flexibility index (Phi) is 2.34. The highest BCUT2D eigenvalue weighted by Gasteiger charge is 2.22. The van der Waals surface area contributed by atoms with Crippen LogP contribution in [-0.4, -0.2) is 4.98 Å². The van der Waals surface area contributed by atoms with Crippen molar-refractivity contribution in [3.05, 3.63) is 28.3 Å². The number of nitrogens with zero attached hydrogens (tertiary/aromatic N) is 1. The van der Waals surface area contributed by atoms with Crippen LogP contribution in [0.25, 0.3) is 11.1 Å². The number of halogens is 2. The quantitative estimate of drug-likeness (QED) is 0.723. The van der Waals surface area contributed by atoms with E-state index >= 15 is 0 Å². The second-order valence-electron chi connectivity index (χ2n) is 4.50. The average Bonchev–Trinajstić information content (AvgIpc) is 2.46. The fourth-order valence-corrected chi connectivity index (χ4v) is 1.78. The van der Waals surface area contributed by atoms with Crippen molar-refractivity contribution >= 4 is 27.0 Å². The Bertz CT molecular complexity index is 513. The third-order valence-electron chi connectivity index (χ3n) is 2.05. The molecule has 2 rings (SSSR count). The molecule has 0 amide bonds. The van der Waals surface area contributed by atoms with Crippen molar-refractivity contribution in [1.82, 2.24) is 4.98 Å². The first-order valence-corrected chi connectivity index (χ1v) is 5.43. The molecule has 15 heavy (non-hydrogen) atoms. The smallest absolute Gasteiger partial charge is 0.200 e. The van der Waals surface area contributed by atoms with E-state index in [1.165, 1.54) is 12.1 Å². The summed E-state index contributed by atoms with van der Waals surface area (Å²) in [6.07, 6.45) is 0. The number of rotatable bonds is 0. The Hall–Kier alpha value is -0.900. The Morgan fingerprint density at radius 3 is 2.60 bits per heavy atom. The van der Waals surface area contributed by atoms with Crippen LogP contribution in [0.3, 0.4) is 0 Å². The summed E-state index contributed by atoms with van der Waals surface area (Å²) in [5, 5.41) is 0. The zero-order valence-corrected chi connectivity index (χ0v) is 10.4. The molecule has 0 fully saturated rings. The second kappa shape index (κ2) is 3.30. The summed E-state index contributed by atoms with van der Waals surface area (Å²) in [5.74, 6) is 0.298. The molecule has 0 unspecified atom stereocenters. The molecule has 1 aromatic heterocycles. The molecule has 0 aliphatic carbocycles. The third-order valence-corrected chi connectivity index (χ3v) is 2.64. The molecule has 0 saturated heterocycles. The van der Waals surface area contributed by atoms with Crippen molar-refractivity contribution in [3.63, 3.8) is 0 Å². The molecule has 1 aromatic carbocycles. The predicted octanol–water partition coefficient (Wildman–Crippen LogP) is 4.03. The standard InChI is InChI=1S/C11H11BrFNO/c1-11(2,3)10-14-8-5-6(13)4-7(12)9(8)15-10/h4-5H,1-3H3. The zero-order chi connectivity index (χ0) is 11.2. The van der Waals surface area contributed by atoms with Gasteiger partial charge in [0.05, 0.1) is 4.47 Å². The van der Waals surface area contributed by atoms with Crippen molar-refractivity contribution in [1.29, 1.82) is 0 Å². The minimum absolute atomic E-state index is 0.172. The van der Waals surface area contributed by atoms with Gasteiger partial charge in [0.1, 0.15) is 11.3 Å². The molecular formula is C11H11BrFNO. The summed E-state index contributed by atoms with van der Waals surface area (Å²) < 4.78 is 19.3. The highest BCUT2D eigenvalue weighted by Crippen LogP contribution is 2.30. The molecule has 2 aromatic rings. The molecular weight excluding hydrogens is 261 g/mol. The van der Waals surface area contributed by atoms with Gasteiger partial charge in [0.15, 0.2) is 5.58 Å². The number of hydrogen-bond acceptors (Lipinski definition) is 2. The minimum atomic E-state index is -0.317. The fourth-order valence-electron chi connectivity index (χ4n) is 1.28. The lowest BCUT2D eigenvalue weighted by Crippen LogP contribution is -2.10. The fraction of sp³-hybridized carbons (Fsp3) is 0.364. The van der Waals surface area contributed by atoms with Gasteiger partial charge in [-0.05, 0) is 22.0 Å². The van der Waals surface area contributed by atoms with E-state index in [2.05, 4.69) is 20.9 Å². The lowest BCUT2D eigenvalue weighted by Gasteiger charge is -2.11. The van der Waals surface area contributed by atoms with Crippen LogP contribution in [0.15, 0.2) is 21.0 Å². The maximum atomic E-state index is 13.1. The molecule has 1 heterocycles. The summed E-state index contributed by atoms with van der Waals surface area (Å²) >= 11 is 3.25. The van der Waals surface area contributed by atoms with Gasteiger partial charge in [-0.15, -0.1) is 0 Å². The van der Waals surface area contributed by atoms with Crippen LogP contribution in [0.2, 0.25) is 0 Å². The van der Waals surface area contributed by atoms with Crippen LogP contribution >= 0.6 is 15.9 Å². The zero-order valence-electron chi connectivity index (χ0n) is 8.77. The van der Waals surface area contributed by atoms with E-state index in [4.69, 9.17) is 4.42 Å². The summed E-state index contributed by atoms with van der Waals surface area (Å²) in [5.41, 5.74) is 0.975. The van der Waals surface area contributed by atoms with Crippen molar-refractivity contribution < 1.29 is 8.81 Å². The number of fused-ring (bicyclic) bond motifs is 1. The van der Waals surface area contributed by atoms with Crippen LogP contribution in [-0.2, 0) is 5.41 Å². The van der Waals surface area contributed by atoms with Gasteiger partial charge < -0.3 is 4.42 Å². The predicted molar refractivity (Wildman–Crippen MR) is 60.4 cm³/mol. The van der Waals surface area contributed by atoms with E-state index in [9.17, 15) is 4.39 Å². The molecule has 80 valence electrons. The first-order chi connectivity index (χ1) is 6.88. The topological polar surface area (TPSA) is 26.0 Å². The molecule has 0 aliphatic rings. The van der Waals surface area contributed by atoms with Gasteiger partial charge in [-0.3, -0.25) is 0 Å². The largest absolute Gasteiger partial charge is 0.439 e. The molecule has 4 heteroatoms. The molecule has 0 atom stereocenters. The molecule has 2 nitrogen and oxygen atoms in total. The van der Waals surface area contributed by atoms with Gasteiger partial charge in [-0.2, -0.15) is 0 Å². The van der Waals surface area contributed by atoms with E-state index in [1.807, 2.05) is 20.8 Å². The Morgan fingerprint density at radius 2 is 2.00 bits per heavy atom. The summed E-state index contributed by atoms with van der Waals surface area (Å²) in [7, 11) is 0. The maximum absolute atomic E-state index is 13.1. The summed E-state index contributed by atoms with van der Waals surface area (Å²) in [6.45, 7) is 6.01. The Labute approximate surface area is 95.6 Å². The van der Waals surface area contributed by atoms with Gasteiger partial charge in [-0.25, -0.2) is 9.37 Å². The van der Waals surface area contributed by atoms with E-state index in [-0.39, 0.29) is 11.2 Å². The maximum Gasteiger partial charge on any atom is 0.200 e. The van der Waals surface area contributed by atoms with Gasteiger partial charge in [0.2, 0.25) is 5.89 Å². The molecule has 0 radical (unpaired) electrons. The van der Waals surface area contributed by atoms with Crippen molar-refractivity contribution in [3.8, 4) is 0 Å². The van der Waals surface area contributed by atoms with E-state index in [0.29, 0.717) is 21.5 Å². The molecule has 0 saturated carbocycles. The van der Waals surface area contributed by atoms with Crippen molar-refractivity contribution in [2.45, 2.75) is 26.2 Å². The Balaban J connectivity index is 2.71.